The van der Waals surface area contributed by atoms with Gasteiger partial charge in [0.15, 0.2) is 0 Å². The molecule has 2 rings (SSSR count). The second kappa shape index (κ2) is 7.19. The number of rotatable bonds is 6. The van der Waals surface area contributed by atoms with Gasteiger partial charge in [0, 0.05) is 30.9 Å². The maximum absolute atomic E-state index is 4.64. The lowest BCUT2D eigenvalue weighted by Crippen LogP contribution is -2.07. The van der Waals surface area contributed by atoms with Gasteiger partial charge >= 0.3 is 0 Å². The molecule has 0 spiro atoms. The molecule has 5 nitrogen and oxygen atoms in total. The Kier molecular flexibility index (Phi) is 5.29. The third-order valence-corrected chi connectivity index (χ3v) is 3.72. The molecule has 0 bridgehead atoms. The van der Waals surface area contributed by atoms with Gasteiger partial charge in [0.05, 0.1) is 6.20 Å². The van der Waals surface area contributed by atoms with Crippen molar-refractivity contribution in [3.8, 4) is 0 Å². The first kappa shape index (κ1) is 14.7. The van der Waals surface area contributed by atoms with E-state index in [9.17, 15) is 0 Å². The molecule has 2 aromatic heterocycles. The van der Waals surface area contributed by atoms with E-state index in [0.29, 0.717) is 0 Å². The van der Waals surface area contributed by atoms with Crippen LogP contribution >= 0.6 is 11.8 Å². The number of anilines is 1. The molecule has 0 aliphatic rings. The zero-order valence-electron chi connectivity index (χ0n) is 12.1. The molecule has 0 saturated carbocycles. The Morgan fingerprint density at radius 3 is 2.70 bits per heavy atom. The Hall–Kier alpha value is -1.69. The fourth-order valence-electron chi connectivity index (χ4n) is 1.75. The van der Waals surface area contributed by atoms with Crippen LogP contribution < -0.4 is 5.32 Å². The van der Waals surface area contributed by atoms with Gasteiger partial charge in [-0.2, -0.15) is 0 Å². The first-order valence-corrected chi connectivity index (χ1v) is 7.61. The first-order valence-electron chi connectivity index (χ1n) is 6.79. The van der Waals surface area contributed by atoms with E-state index in [1.807, 2.05) is 6.92 Å². The number of hydrogen-bond acceptors (Lipinski definition) is 6. The highest BCUT2D eigenvalue weighted by molar-refractivity contribution is 7.99. The number of nitrogens with one attached hydrogen (secondary N) is 1. The summed E-state index contributed by atoms with van der Waals surface area (Å²) >= 11 is 1.53. The summed E-state index contributed by atoms with van der Waals surface area (Å²) in [5, 5.41) is 5.09. The molecule has 0 atom stereocenters. The van der Waals surface area contributed by atoms with Gasteiger partial charge in [0.2, 0.25) is 0 Å². The van der Waals surface area contributed by atoms with E-state index in [0.717, 1.165) is 46.6 Å². The van der Waals surface area contributed by atoms with Crippen molar-refractivity contribution in [2.75, 3.05) is 11.9 Å². The Morgan fingerprint density at radius 2 is 2.05 bits per heavy atom. The zero-order chi connectivity index (χ0) is 14.4. The maximum atomic E-state index is 4.64. The molecule has 0 saturated heterocycles. The predicted octanol–water partition coefficient (Wildman–Crippen LogP) is 3.11. The third-order valence-electron chi connectivity index (χ3n) is 2.71. The van der Waals surface area contributed by atoms with Crippen LogP contribution in [-0.4, -0.2) is 26.5 Å². The monoisotopic (exact) mass is 289 g/mol. The van der Waals surface area contributed by atoms with Crippen molar-refractivity contribution in [3.63, 3.8) is 0 Å². The lowest BCUT2D eigenvalue weighted by atomic mass is 10.3. The Labute approximate surface area is 123 Å². The SMILES string of the molecule is CCCc1nc(NCC)c(C)c(Sc2cnccn2)n1. The lowest BCUT2D eigenvalue weighted by Gasteiger charge is -2.12. The molecule has 0 radical (unpaired) electrons. The molecule has 106 valence electrons. The van der Waals surface area contributed by atoms with E-state index in [1.54, 1.807) is 18.6 Å². The Balaban J connectivity index is 2.34. The van der Waals surface area contributed by atoms with Crippen LogP contribution in [0, 0.1) is 6.92 Å². The molecule has 0 aliphatic heterocycles. The average Bonchev–Trinajstić information content (AvgIpc) is 2.45. The number of aryl methyl sites for hydroxylation is 1. The minimum atomic E-state index is 0.846. The van der Waals surface area contributed by atoms with E-state index >= 15 is 0 Å². The lowest BCUT2D eigenvalue weighted by molar-refractivity contribution is 0.801. The second-order valence-corrected chi connectivity index (χ2v) is 5.35. The van der Waals surface area contributed by atoms with Gasteiger partial charge in [0.25, 0.3) is 0 Å². The van der Waals surface area contributed by atoms with E-state index in [1.165, 1.54) is 11.8 Å². The highest BCUT2D eigenvalue weighted by Gasteiger charge is 2.12. The molecular weight excluding hydrogens is 270 g/mol. The smallest absolute Gasteiger partial charge is 0.133 e. The quantitative estimate of drug-likeness (QED) is 0.824. The zero-order valence-corrected chi connectivity index (χ0v) is 12.9. The van der Waals surface area contributed by atoms with Crippen molar-refractivity contribution in [1.29, 1.82) is 0 Å². The molecule has 0 fully saturated rings. The number of hydrogen-bond donors (Lipinski definition) is 1. The molecular formula is C14H19N5S. The van der Waals surface area contributed by atoms with Crippen LogP contribution in [0.4, 0.5) is 5.82 Å². The molecule has 2 aromatic rings. The normalized spacial score (nSPS) is 10.6. The Morgan fingerprint density at radius 1 is 1.20 bits per heavy atom. The number of nitrogens with zero attached hydrogens (tertiary/aromatic N) is 4. The van der Waals surface area contributed by atoms with Gasteiger partial charge in [0.1, 0.15) is 21.7 Å². The van der Waals surface area contributed by atoms with E-state index in [4.69, 9.17) is 0 Å². The summed E-state index contributed by atoms with van der Waals surface area (Å²) in [6.07, 6.45) is 7.02. The summed E-state index contributed by atoms with van der Waals surface area (Å²) in [5.74, 6) is 1.79. The molecule has 0 amide bonds. The van der Waals surface area contributed by atoms with Crippen LogP contribution in [0.2, 0.25) is 0 Å². The van der Waals surface area contributed by atoms with E-state index < -0.39 is 0 Å². The van der Waals surface area contributed by atoms with Crippen LogP contribution in [0.15, 0.2) is 28.6 Å². The van der Waals surface area contributed by atoms with Gasteiger partial charge in [-0.3, -0.25) is 4.98 Å². The average molecular weight is 289 g/mol. The van der Waals surface area contributed by atoms with Gasteiger partial charge in [-0.1, -0.05) is 6.92 Å². The third kappa shape index (κ3) is 3.66. The Bertz CT molecular complexity index is 559. The predicted molar refractivity (Wildman–Crippen MR) is 81.1 cm³/mol. The van der Waals surface area contributed by atoms with Crippen LogP contribution in [0.25, 0.3) is 0 Å². The van der Waals surface area contributed by atoms with Crippen molar-refractivity contribution < 1.29 is 0 Å². The van der Waals surface area contributed by atoms with Gasteiger partial charge in [-0.05, 0) is 32.0 Å². The fourth-order valence-corrected chi connectivity index (χ4v) is 2.58. The van der Waals surface area contributed by atoms with Crippen molar-refractivity contribution >= 4 is 17.6 Å². The van der Waals surface area contributed by atoms with Crippen LogP contribution in [0.1, 0.15) is 31.7 Å². The number of aromatic nitrogens is 4. The van der Waals surface area contributed by atoms with E-state index in [2.05, 4.69) is 39.1 Å². The summed E-state index contributed by atoms with van der Waals surface area (Å²) in [7, 11) is 0. The summed E-state index contributed by atoms with van der Waals surface area (Å²) < 4.78 is 0. The minimum Gasteiger partial charge on any atom is -0.370 e. The molecule has 0 aliphatic carbocycles. The summed E-state index contributed by atoms with van der Waals surface area (Å²) in [5.41, 5.74) is 1.06. The molecule has 2 heterocycles. The molecule has 6 heteroatoms. The van der Waals surface area contributed by atoms with Gasteiger partial charge in [-0.15, -0.1) is 0 Å². The maximum Gasteiger partial charge on any atom is 0.133 e. The van der Waals surface area contributed by atoms with Crippen molar-refractivity contribution in [1.82, 2.24) is 19.9 Å². The highest BCUT2D eigenvalue weighted by Crippen LogP contribution is 2.29. The summed E-state index contributed by atoms with van der Waals surface area (Å²) in [6.45, 7) is 7.08. The van der Waals surface area contributed by atoms with Gasteiger partial charge in [-0.25, -0.2) is 15.0 Å². The fraction of sp³-hybridized carbons (Fsp3) is 0.429. The van der Waals surface area contributed by atoms with Crippen molar-refractivity contribution in [3.05, 3.63) is 30.0 Å². The van der Waals surface area contributed by atoms with Crippen molar-refractivity contribution in [2.24, 2.45) is 0 Å². The van der Waals surface area contributed by atoms with Crippen molar-refractivity contribution in [2.45, 2.75) is 43.7 Å². The van der Waals surface area contributed by atoms with Crippen LogP contribution in [0.5, 0.6) is 0 Å². The summed E-state index contributed by atoms with van der Waals surface area (Å²) in [4.78, 5) is 17.6. The molecule has 0 unspecified atom stereocenters. The second-order valence-electron chi connectivity index (χ2n) is 4.34. The molecule has 0 aromatic carbocycles. The van der Waals surface area contributed by atoms with Crippen LogP contribution in [0.3, 0.4) is 0 Å². The highest BCUT2D eigenvalue weighted by atomic mass is 32.2. The van der Waals surface area contributed by atoms with E-state index in [-0.39, 0.29) is 0 Å². The minimum absolute atomic E-state index is 0.846. The molecule has 20 heavy (non-hydrogen) atoms. The standard InChI is InChI=1S/C14H19N5S/c1-4-6-11-18-13(16-5-2)10(3)14(19-11)20-12-9-15-7-8-17-12/h7-9H,4-6H2,1-3H3,(H,16,18,19). The summed E-state index contributed by atoms with van der Waals surface area (Å²) in [6, 6.07) is 0. The largest absolute Gasteiger partial charge is 0.370 e. The van der Waals surface area contributed by atoms with Gasteiger partial charge < -0.3 is 5.32 Å². The first-order chi connectivity index (χ1) is 9.74. The van der Waals surface area contributed by atoms with Crippen LogP contribution in [-0.2, 0) is 6.42 Å². The topological polar surface area (TPSA) is 63.6 Å². The molecule has 1 N–H and O–H groups in total.